The summed E-state index contributed by atoms with van der Waals surface area (Å²) in [5, 5.41) is 2.63. The predicted molar refractivity (Wildman–Crippen MR) is 47.3 cm³/mol. The van der Waals surface area contributed by atoms with E-state index in [0.717, 1.165) is 38.6 Å². The fourth-order valence-corrected chi connectivity index (χ4v) is 0.833. The van der Waals surface area contributed by atoms with E-state index in [2.05, 4.69) is 24.4 Å². The van der Waals surface area contributed by atoms with Crippen molar-refractivity contribution in [1.29, 1.82) is 0 Å². The number of hydrogen-bond donors (Lipinski definition) is 1. The van der Waals surface area contributed by atoms with Gasteiger partial charge >= 0.3 is 0 Å². The van der Waals surface area contributed by atoms with Crippen molar-refractivity contribution in [3.63, 3.8) is 0 Å². The summed E-state index contributed by atoms with van der Waals surface area (Å²) in [7, 11) is 0. The number of unbranched alkanes of at least 4 members (excludes halogenated alkanes) is 2. The van der Waals surface area contributed by atoms with Gasteiger partial charge in [0.05, 0.1) is 0 Å². The Bertz CT molecular complexity index is 110. The van der Waals surface area contributed by atoms with Crippen LogP contribution in [-0.2, 0) is 4.79 Å². The number of rotatable bonds is 7. The topological polar surface area (TPSA) is 29.1 Å². The molecule has 0 saturated heterocycles. The summed E-state index contributed by atoms with van der Waals surface area (Å²) in [6, 6.07) is 0. The first-order chi connectivity index (χ1) is 5.41. The lowest BCUT2D eigenvalue weighted by molar-refractivity contribution is -0.109. The molecule has 0 spiro atoms. The van der Waals surface area contributed by atoms with Crippen LogP contribution in [0, 0.1) is 0 Å². The van der Waals surface area contributed by atoms with E-state index in [1.54, 1.807) is 0 Å². The van der Waals surface area contributed by atoms with E-state index < -0.39 is 0 Å². The van der Waals surface area contributed by atoms with Gasteiger partial charge in [-0.05, 0) is 25.7 Å². The summed E-state index contributed by atoms with van der Waals surface area (Å²) >= 11 is 0. The van der Waals surface area contributed by atoms with Crippen molar-refractivity contribution >= 4 is 6.41 Å². The minimum absolute atomic E-state index is 0.752. The van der Waals surface area contributed by atoms with Gasteiger partial charge in [0.1, 0.15) is 0 Å². The molecule has 11 heavy (non-hydrogen) atoms. The second kappa shape index (κ2) is 9.21. The van der Waals surface area contributed by atoms with Crippen molar-refractivity contribution in [1.82, 2.24) is 5.32 Å². The summed E-state index contributed by atoms with van der Waals surface area (Å²) in [4.78, 5) is 9.81. The Balaban J connectivity index is 2.90. The molecule has 1 amide bonds. The van der Waals surface area contributed by atoms with Gasteiger partial charge < -0.3 is 5.32 Å². The molecule has 0 aliphatic rings. The van der Waals surface area contributed by atoms with Crippen molar-refractivity contribution in [3.05, 3.63) is 12.2 Å². The standard InChI is InChI=1S/C9H17NO/c1-2-3-4-5-6-7-8-10-9-11/h3-4,9H,2,5-8H2,1H3,(H,10,11)/b4-3+. The van der Waals surface area contributed by atoms with Crippen molar-refractivity contribution in [2.24, 2.45) is 0 Å². The first kappa shape index (κ1) is 10.2. The first-order valence-corrected chi connectivity index (χ1v) is 4.23. The summed E-state index contributed by atoms with van der Waals surface area (Å²) in [6.45, 7) is 2.94. The van der Waals surface area contributed by atoms with Gasteiger partial charge in [0.2, 0.25) is 6.41 Å². The molecule has 0 unspecified atom stereocenters. The molecular formula is C9H17NO. The van der Waals surface area contributed by atoms with Gasteiger partial charge in [-0.15, -0.1) is 0 Å². The minimum Gasteiger partial charge on any atom is -0.359 e. The van der Waals surface area contributed by atoms with Crippen molar-refractivity contribution < 1.29 is 4.79 Å². The van der Waals surface area contributed by atoms with Gasteiger partial charge in [0, 0.05) is 6.54 Å². The van der Waals surface area contributed by atoms with Crippen LogP contribution in [0.15, 0.2) is 12.2 Å². The van der Waals surface area contributed by atoms with E-state index in [-0.39, 0.29) is 0 Å². The molecule has 64 valence electrons. The van der Waals surface area contributed by atoms with E-state index in [9.17, 15) is 4.79 Å². The van der Waals surface area contributed by atoms with E-state index in [1.165, 1.54) is 0 Å². The average Bonchev–Trinajstić information content (AvgIpc) is 2.03. The predicted octanol–water partition coefficient (Wildman–Crippen LogP) is 1.87. The Morgan fingerprint density at radius 2 is 2.09 bits per heavy atom. The Morgan fingerprint density at radius 3 is 2.73 bits per heavy atom. The number of carbonyl (C=O) groups is 1. The largest absolute Gasteiger partial charge is 0.359 e. The molecule has 0 aliphatic heterocycles. The quantitative estimate of drug-likeness (QED) is 0.339. The van der Waals surface area contributed by atoms with Gasteiger partial charge in [-0.1, -0.05) is 19.1 Å². The van der Waals surface area contributed by atoms with E-state index >= 15 is 0 Å². The van der Waals surface area contributed by atoms with Crippen LogP contribution in [-0.4, -0.2) is 13.0 Å². The van der Waals surface area contributed by atoms with Crippen molar-refractivity contribution in [2.45, 2.75) is 32.6 Å². The molecule has 0 aromatic carbocycles. The molecule has 2 heteroatoms. The molecule has 0 heterocycles. The van der Waals surface area contributed by atoms with Crippen molar-refractivity contribution in [2.75, 3.05) is 6.54 Å². The number of amides is 1. The highest BCUT2D eigenvalue weighted by atomic mass is 16.1. The van der Waals surface area contributed by atoms with Crippen LogP contribution in [0.4, 0.5) is 0 Å². The van der Waals surface area contributed by atoms with Gasteiger partial charge in [0.25, 0.3) is 0 Å². The SMILES string of the molecule is CC/C=C/CCCCNC=O. The fourth-order valence-electron chi connectivity index (χ4n) is 0.833. The maximum atomic E-state index is 9.81. The molecule has 0 bridgehead atoms. The zero-order valence-electron chi connectivity index (χ0n) is 7.18. The van der Waals surface area contributed by atoms with Gasteiger partial charge in [-0.2, -0.15) is 0 Å². The Kier molecular flexibility index (Phi) is 8.55. The summed E-state index contributed by atoms with van der Waals surface area (Å²) in [5.74, 6) is 0. The van der Waals surface area contributed by atoms with Crippen LogP contribution < -0.4 is 5.32 Å². The first-order valence-electron chi connectivity index (χ1n) is 4.23. The number of allylic oxidation sites excluding steroid dienone is 2. The molecule has 0 aliphatic carbocycles. The summed E-state index contributed by atoms with van der Waals surface area (Å²) in [5.41, 5.74) is 0. The van der Waals surface area contributed by atoms with Gasteiger partial charge in [-0.25, -0.2) is 0 Å². The lowest BCUT2D eigenvalue weighted by atomic mass is 10.2. The third-order valence-corrected chi connectivity index (χ3v) is 1.43. The number of nitrogens with one attached hydrogen (secondary N) is 1. The molecule has 0 fully saturated rings. The maximum Gasteiger partial charge on any atom is 0.207 e. The Hall–Kier alpha value is -0.790. The van der Waals surface area contributed by atoms with Crippen LogP contribution in [0.2, 0.25) is 0 Å². The molecule has 0 rings (SSSR count). The maximum absolute atomic E-state index is 9.81. The third-order valence-electron chi connectivity index (χ3n) is 1.43. The molecule has 0 radical (unpaired) electrons. The van der Waals surface area contributed by atoms with Gasteiger partial charge in [0.15, 0.2) is 0 Å². The van der Waals surface area contributed by atoms with E-state index in [0.29, 0.717) is 0 Å². The van der Waals surface area contributed by atoms with Crippen LogP contribution in [0.3, 0.4) is 0 Å². The molecule has 0 aromatic heterocycles. The fraction of sp³-hybridized carbons (Fsp3) is 0.667. The lowest BCUT2D eigenvalue weighted by Gasteiger charge is -1.95. The Labute approximate surface area is 68.7 Å². The second-order valence-electron chi connectivity index (χ2n) is 2.45. The minimum atomic E-state index is 0.752. The Morgan fingerprint density at radius 1 is 1.27 bits per heavy atom. The normalized spacial score (nSPS) is 10.3. The highest BCUT2D eigenvalue weighted by Crippen LogP contribution is 1.95. The zero-order chi connectivity index (χ0) is 8.36. The second-order valence-corrected chi connectivity index (χ2v) is 2.45. The molecule has 1 N–H and O–H groups in total. The highest BCUT2D eigenvalue weighted by molar-refractivity contribution is 5.45. The molecule has 0 aromatic rings. The summed E-state index contributed by atoms with van der Waals surface area (Å²) < 4.78 is 0. The van der Waals surface area contributed by atoms with Crippen LogP contribution in [0.25, 0.3) is 0 Å². The highest BCUT2D eigenvalue weighted by Gasteiger charge is 1.83. The monoisotopic (exact) mass is 155 g/mol. The molecule has 0 atom stereocenters. The third kappa shape index (κ3) is 9.21. The van der Waals surface area contributed by atoms with E-state index in [1.807, 2.05) is 0 Å². The number of hydrogen-bond acceptors (Lipinski definition) is 1. The molecule has 0 saturated carbocycles. The van der Waals surface area contributed by atoms with E-state index in [4.69, 9.17) is 0 Å². The lowest BCUT2D eigenvalue weighted by Crippen LogP contribution is -2.11. The molecule has 2 nitrogen and oxygen atoms in total. The summed E-state index contributed by atoms with van der Waals surface area (Å²) in [6.07, 6.45) is 9.61. The van der Waals surface area contributed by atoms with Gasteiger partial charge in [-0.3, -0.25) is 4.79 Å². The zero-order valence-corrected chi connectivity index (χ0v) is 7.18. The van der Waals surface area contributed by atoms with Crippen LogP contribution in [0.5, 0.6) is 0 Å². The van der Waals surface area contributed by atoms with Crippen molar-refractivity contribution in [3.8, 4) is 0 Å². The smallest absolute Gasteiger partial charge is 0.207 e. The molecular weight excluding hydrogens is 138 g/mol. The average molecular weight is 155 g/mol. The van der Waals surface area contributed by atoms with Crippen LogP contribution in [0.1, 0.15) is 32.6 Å². The number of carbonyl (C=O) groups excluding carboxylic acids is 1. The van der Waals surface area contributed by atoms with Crippen LogP contribution >= 0.6 is 0 Å².